The van der Waals surface area contributed by atoms with Crippen molar-refractivity contribution in [3.63, 3.8) is 0 Å². The van der Waals surface area contributed by atoms with E-state index in [9.17, 15) is 0 Å². The number of rotatable bonds is 1. The van der Waals surface area contributed by atoms with Gasteiger partial charge < -0.3 is 5.32 Å². The summed E-state index contributed by atoms with van der Waals surface area (Å²) in [6, 6.07) is 3.91. The summed E-state index contributed by atoms with van der Waals surface area (Å²) in [4.78, 5) is 8.50. The van der Waals surface area contributed by atoms with Crippen LogP contribution >= 0.6 is 11.8 Å². The Bertz CT molecular complexity index is 286. The molecule has 13 heavy (non-hydrogen) atoms. The molecular weight excluding hydrogens is 182 g/mol. The molecule has 0 spiro atoms. The van der Waals surface area contributed by atoms with E-state index in [1.807, 2.05) is 32.4 Å². The van der Waals surface area contributed by atoms with E-state index in [1.165, 1.54) is 0 Å². The van der Waals surface area contributed by atoms with E-state index in [2.05, 4.69) is 15.3 Å². The second kappa shape index (κ2) is 4.87. The molecule has 0 bridgehead atoms. The van der Waals surface area contributed by atoms with E-state index < -0.39 is 0 Å². The van der Waals surface area contributed by atoms with Crippen molar-refractivity contribution >= 4 is 22.6 Å². The lowest BCUT2D eigenvalue weighted by atomic mass is 10.3. The van der Waals surface area contributed by atoms with Gasteiger partial charge in [0, 0.05) is 12.7 Å². The third kappa shape index (κ3) is 3.06. The summed E-state index contributed by atoms with van der Waals surface area (Å²) >= 11 is 1.58. The van der Waals surface area contributed by atoms with Crippen LogP contribution in [0.2, 0.25) is 0 Å². The molecule has 1 heterocycles. The Labute approximate surface area is 82.7 Å². The van der Waals surface area contributed by atoms with E-state index in [0.29, 0.717) is 0 Å². The second-order valence-corrected chi connectivity index (χ2v) is 3.32. The molecule has 1 aromatic rings. The van der Waals surface area contributed by atoms with Crippen molar-refractivity contribution < 1.29 is 0 Å². The predicted molar refractivity (Wildman–Crippen MR) is 58.6 cm³/mol. The van der Waals surface area contributed by atoms with Gasteiger partial charge in [-0.1, -0.05) is 11.8 Å². The van der Waals surface area contributed by atoms with Crippen LogP contribution in [0.1, 0.15) is 5.69 Å². The highest BCUT2D eigenvalue weighted by molar-refractivity contribution is 8.13. The third-order valence-corrected chi connectivity index (χ3v) is 2.22. The summed E-state index contributed by atoms with van der Waals surface area (Å²) in [6.07, 6.45) is 3.75. The first-order valence-corrected chi connectivity index (χ1v) is 5.22. The van der Waals surface area contributed by atoms with Crippen LogP contribution in [0.25, 0.3) is 0 Å². The Morgan fingerprint density at radius 2 is 2.31 bits per heavy atom. The number of amidine groups is 1. The van der Waals surface area contributed by atoms with Crippen LogP contribution < -0.4 is 5.32 Å². The van der Waals surface area contributed by atoms with Gasteiger partial charge in [-0.3, -0.25) is 4.98 Å². The number of nitrogens with one attached hydrogen (secondary N) is 1. The highest BCUT2D eigenvalue weighted by Crippen LogP contribution is 2.11. The monoisotopic (exact) mass is 195 g/mol. The van der Waals surface area contributed by atoms with Gasteiger partial charge in [0.25, 0.3) is 0 Å². The molecule has 0 atom stereocenters. The first-order valence-electron chi connectivity index (χ1n) is 3.99. The summed E-state index contributed by atoms with van der Waals surface area (Å²) < 4.78 is 0. The molecule has 0 aromatic carbocycles. The van der Waals surface area contributed by atoms with Gasteiger partial charge in [0.1, 0.15) is 0 Å². The van der Waals surface area contributed by atoms with E-state index >= 15 is 0 Å². The van der Waals surface area contributed by atoms with E-state index in [-0.39, 0.29) is 0 Å². The third-order valence-electron chi connectivity index (χ3n) is 1.53. The maximum atomic E-state index is 4.34. The quantitative estimate of drug-likeness (QED) is 0.550. The molecule has 4 heteroatoms. The summed E-state index contributed by atoms with van der Waals surface area (Å²) in [5, 5.41) is 3.89. The zero-order chi connectivity index (χ0) is 9.68. The molecule has 0 amide bonds. The van der Waals surface area contributed by atoms with Gasteiger partial charge in [-0.15, -0.1) is 0 Å². The molecule has 1 aromatic heterocycles. The molecule has 70 valence electrons. The Kier molecular flexibility index (Phi) is 3.76. The molecule has 1 rings (SSSR count). The minimum absolute atomic E-state index is 0.879. The Morgan fingerprint density at radius 3 is 2.77 bits per heavy atom. The van der Waals surface area contributed by atoms with E-state index in [0.717, 1.165) is 16.5 Å². The lowest BCUT2D eigenvalue weighted by Gasteiger charge is -2.00. The fourth-order valence-corrected chi connectivity index (χ4v) is 1.25. The van der Waals surface area contributed by atoms with Gasteiger partial charge >= 0.3 is 0 Å². The zero-order valence-corrected chi connectivity index (χ0v) is 8.85. The highest BCUT2D eigenvalue weighted by atomic mass is 32.2. The fourth-order valence-electron chi connectivity index (χ4n) is 0.847. The number of thioether (sulfide) groups is 1. The standard InChI is InChI=1S/C9H13N3S/c1-7-4-5-8(6-11-7)12-9(10-2)13-3/h4-6H,1-3H3,(H,10,12). The van der Waals surface area contributed by atoms with Crippen molar-refractivity contribution in [1.29, 1.82) is 0 Å². The summed E-state index contributed by atoms with van der Waals surface area (Å²) in [7, 11) is 1.86. The molecular formula is C9H13N3S. The lowest BCUT2D eigenvalue weighted by molar-refractivity contribution is 1.17. The van der Waals surface area contributed by atoms with Crippen molar-refractivity contribution in [2.45, 2.75) is 6.92 Å². The maximum Gasteiger partial charge on any atom is 0.161 e. The molecule has 0 radical (unpaired) electrons. The van der Waals surface area contributed by atoms with Crippen molar-refractivity contribution in [3.05, 3.63) is 24.0 Å². The minimum Gasteiger partial charge on any atom is -0.368 e. The summed E-state index contributed by atoms with van der Waals surface area (Å²) in [5.41, 5.74) is 1.89. The molecule has 1 N–H and O–H groups in total. The van der Waals surface area contributed by atoms with Gasteiger partial charge in [-0.05, 0) is 25.3 Å². The molecule has 0 aliphatic heterocycles. The van der Waals surface area contributed by atoms with Crippen molar-refractivity contribution in [1.82, 2.24) is 10.3 Å². The van der Waals surface area contributed by atoms with Gasteiger partial charge in [0.15, 0.2) is 5.17 Å². The maximum absolute atomic E-state index is 4.34. The average molecular weight is 195 g/mol. The molecule has 0 saturated carbocycles. The van der Waals surface area contributed by atoms with Crippen molar-refractivity contribution in [3.8, 4) is 0 Å². The molecule has 3 nitrogen and oxygen atoms in total. The minimum atomic E-state index is 0.879. The van der Waals surface area contributed by atoms with Crippen LogP contribution in [-0.4, -0.2) is 23.5 Å². The largest absolute Gasteiger partial charge is 0.368 e. The zero-order valence-electron chi connectivity index (χ0n) is 8.03. The average Bonchev–Trinajstić information content (AvgIpc) is 2.17. The fraction of sp³-hybridized carbons (Fsp3) is 0.333. The summed E-state index contributed by atoms with van der Waals surface area (Å²) in [6.45, 7) is 1.96. The predicted octanol–water partition coefficient (Wildman–Crippen LogP) is 1.96. The number of hydrogen-bond acceptors (Lipinski definition) is 3. The first kappa shape index (κ1) is 10.1. The Morgan fingerprint density at radius 1 is 1.54 bits per heavy atom. The number of aryl methyl sites for hydroxylation is 1. The van der Waals surface area contributed by atoms with Crippen LogP contribution in [0.4, 0.5) is 5.69 Å². The Hall–Kier alpha value is -1.03. The lowest BCUT2D eigenvalue weighted by Crippen LogP contribution is -2.12. The van der Waals surface area contributed by atoms with E-state index in [4.69, 9.17) is 0 Å². The van der Waals surface area contributed by atoms with Crippen molar-refractivity contribution in [2.24, 2.45) is 4.99 Å². The number of pyridine rings is 1. The first-order chi connectivity index (χ1) is 6.26. The number of aromatic nitrogens is 1. The van der Waals surface area contributed by atoms with Crippen LogP contribution in [0.15, 0.2) is 23.3 Å². The molecule has 0 saturated heterocycles. The molecule has 0 fully saturated rings. The van der Waals surface area contributed by atoms with E-state index in [1.54, 1.807) is 18.0 Å². The topological polar surface area (TPSA) is 37.3 Å². The highest BCUT2D eigenvalue weighted by Gasteiger charge is 1.93. The van der Waals surface area contributed by atoms with Crippen LogP contribution in [0.3, 0.4) is 0 Å². The summed E-state index contributed by atoms with van der Waals surface area (Å²) in [5.74, 6) is 0. The molecule has 0 aliphatic carbocycles. The number of aliphatic imine (C=N–C) groups is 1. The number of nitrogens with zero attached hydrogens (tertiary/aromatic N) is 2. The second-order valence-electron chi connectivity index (χ2n) is 2.53. The molecule has 0 unspecified atom stereocenters. The number of hydrogen-bond donors (Lipinski definition) is 1. The van der Waals surface area contributed by atoms with Gasteiger partial charge in [-0.2, -0.15) is 0 Å². The van der Waals surface area contributed by atoms with Crippen LogP contribution in [0.5, 0.6) is 0 Å². The van der Waals surface area contributed by atoms with Crippen LogP contribution in [0, 0.1) is 6.92 Å². The van der Waals surface area contributed by atoms with Gasteiger partial charge in [0.05, 0.1) is 11.9 Å². The normalized spacial score (nSPS) is 11.5. The smallest absolute Gasteiger partial charge is 0.161 e. The van der Waals surface area contributed by atoms with Gasteiger partial charge in [-0.25, -0.2) is 4.99 Å². The van der Waals surface area contributed by atoms with Crippen molar-refractivity contribution in [2.75, 3.05) is 13.3 Å². The molecule has 0 aliphatic rings. The Balaban J connectivity index is 2.84. The SMILES string of the molecule is CNC(=Nc1ccc(C)nc1)SC. The van der Waals surface area contributed by atoms with Crippen LogP contribution in [-0.2, 0) is 0 Å². The van der Waals surface area contributed by atoms with Gasteiger partial charge in [0.2, 0.25) is 0 Å².